The molecule has 2 heterocycles. The zero-order valence-electron chi connectivity index (χ0n) is 19.1. The number of amides is 1. The monoisotopic (exact) mass is 519 g/mol. The van der Waals surface area contributed by atoms with Crippen molar-refractivity contribution in [3.8, 4) is 11.5 Å². The van der Waals surface area contributed by atoms with E-state index in [1.54, 1.807) is 16.7 Å². The third kappa shape index (κ3) is 5.12. The fourth-order valence-electron chi connectivity index (χ4n) is 3.64. The van der Waals surface area contributed by atoms with Crippen molar-refractivity contribution in [2.75, 3.05) is 18.5 Å². The molecule has 8 heteroatoms. The second kappa shape index (κ2) is 10.2. The van der Waals surface area contributed by atoms with Crippen LogP contribution < -0.4 is 9.64 Å². The number of carbonyl (C=O) groups excluding carboxylic acids is 1. The molecule has 0 aliphatic carbocycles. The van der Waals surface area contributed by atoms with Crippen LogP contribution in [0, 0.1) is 0 Å². The molecular formula is C27H22ClN3O2S2. The Kier molecular flexibility index (Phi) is 6.90. The first kappa shape index (κ1) is 23.6. The highest BCUT2D eigenvalue weighted by Gasteiger charge is 2.32. The number of benzene rings is 3. The minimum atomic E-state index is -0.0386. The molecule has 0 bridgehead atoms. The summed E-state index contributed by atoms with van der Waals surface area (Å²) in [6.45, 7) is 2.50. The Labute approximate surface area is 218 Å². The molecule has 0 spiro atoms. The molecule has 0 saturated carbocycles. The first-order chi connectivity index (χ1) is 17.0. The molecule has 176 valence electrons. The van der Waals surface area contributed by atoms with Gasteiger partial charge in [0.15, 0.2) is 5.17 Å². The summed E-state index contributed by atoms with van der Waals surface area (Å²) in [4.78, 5) is 23.3. The lowest BCUT2D eigenvalue weighted by Gasteiger charge is -2.13. The van der Waals surface area contributed by atoms with Crippen molar-refractivity contribution in [3.05, 3.63) is 99.9 Å². The number of likely N-dealkylation sites (N-methyl/N-ethyl adjacent to an activating group) is 1. The summed E-state index contributed by atoms with van der Waals surface area (Å²) in [5.74, 6) is 1.47. The Morgan fingerprint density at radius 2 is 1.71 bits per heavy atom. The van der Waals surface area contributed by atoms with E-state index in [4.69, 9.17) is 21.3 Å². The average Bonchev–Trinajstić information content (AvgIpc) is 3.34. The van der Waals surface area contributed by atoms with Gasteiger partial charge in [-0.15, -0.1) is 0 Å². The molecule has 1 amide bonds. The largest absolute Gasteiger partial charge is 0.457 e. The number of amidine groups is 1. The number of halogens is 1. The number of nitrogens with zero attached hydrogens (tertiary/aromatic N) is 3. The third-order valence-corrected chi connectivity index (χ3v) is 7.89. The number of hydrogen-bond donors (Lipinski definition) is 0. The molecule has 1 saturated heterocycles. The molecular weight excluding hydrogens is 498 g/mol. The van der Waals surface area contributed by atoms with Gasteiger partial charge in [0, 0.05) is 23.5 Å². The molecule has 0 aromatic heterocycles. The fourth-order valence-corrected chi connectivity index (χ4v) is 5.84. The minimum absolute atomic E-state index is 0.0386. The predicted molar refractivity (Wildman–Crippen MR) is 147 cm³/mol. The number of allylic oxidation sites excluding steroid dienone is 2. The highest BCUT2D eigenvalue weighted by Crippen LogP contribution is 2.46. The second-order valence-corrected chi connectivity index (χ2v) is 10.3. The molecule has 3 aromatic rings. The Morgan fingerprint density at radius 3 is 2.46 bits per heavy atom. The Balaban J connectivity index is 1.33. The molecule has 5 nitrogen and oxygen atoms in total. The average molecular weight is 520 g/mol. The van der Waals surface area contributed by atoms with E-state index in [0.717, 1.165) is 32.8 Å². The number of thioether (sulfide) groups is 2. The predicted octanol–water partition coefficient (Wildman–Crippen LogP) is 7.68. The van der Waals surface area contributed by atoms with Gasteiger partial charge in [-0.2, -0.15) is 0 Å². The standard InChI is InChI=1S/C27H22ClN3O2S2/c1-3-31-26(32)24(15-16-25-30(2)22-17-18(28)9-14-23(22)34-25)35-27(31)29-19-10-12-21(13-11-19)33-20-7-5-4-6-8-20/h4-17H,3H2,1-2H3. The van der Waals surface area contributed by atoms with Crippen LogP contribution in [0.3, 0.4) is 0 Å². The summed E-state index contributed by atoms with van der Waals surface area (Å²) >= 11 is 9.20. The number of carbonyl (C=O) groups is 1. The minimum Gasteiger partial charge on any atom is -0.457 e. The van der Waals surface area contributed by atoms with Gasteiger partial charge in [0.2, 0.25) is 0 Å². The summed E-state index contributed by atoms with van der Waals surface area (Å²) in [5, 5.41) is 2.41. The van der Waals surface area contributed by atoms with Gasteiger partial charge < -0.3 is 9.64 Å². The topological polar surface area (TPSA) is 45.1 Å². The SMILES string of the molecule is CCN1C(=O)C(=CC=C2Sc3ccc(Cl)cc3N2C)SC1=Nc1ccc(Oc2ccccc2)cc1. The summed E-state index contributed by atoms with van der Waals surface area (Å²) in [6.07, 6.45) is 3.85. The lowest BCUT2D eigenvalue weighted by Crippen LogP contribution is -2.28. The molecule has 0 unspecified atom stereocenters. The Hall–Kier alpha value is -3.13. The van der Waals surface area contributed by atoms with Gasteiger partial charge in [-0.05, 0) is 85.4 Å². The van der Waals surface area contributed by atoms with E-state index in [0.29, 0.717) is 21.6 Å². The van der Waals surface area contributed by atoms with E-state index >= 15 is 0 Å². The third-order valence-electron chi connectivity index (χ3n) is 5.45. The van der Waals surface area contributed by atoms with Crippen LogP contribution in [0.2, 0.25) is 5.02 Å². The number of hydrogen-bond acceptors (Lipinski definition) is 6. The van der Waals surface area contributed by atoms with Gasteiger partial charge in [-0.25, -0.2) is 4.99 Å². The molecule has 0 N–H and O–H groups in total. The van der Waals surface area contributed by atoms with Crippen molar-refractivity contribution >= 4 is 57.6 Å². The van der Waals surface area contributed by atoms with Crippen molar-refractivity contribution < 1.29 is 9.53 Å². The van der Waals surface area contributed by atoms with Crippen LogP contribution >= 0.6 is 35.1 Å². The van der Waals surface area contributed by atoms with Gasteiger partial charge in [0.1, 0.15) is 11.5 Å². The smallest absolute Gasteiger partial charge is 0.266 e. The zero-order valence-corrected chi connectivity index (χ0v) is 21.5. The summed E-state index contributed by atoms with van der Waals surface area (Å²) in [7, 11) is 2.00. The number of aliphatic imine (C=N–C) groups is 1. The Morgan fingerprint density at radius 1 is 0.971 bits per heavy atom. The van der Waals surface area contributed by atoms with Crippen LogP contribution in [-0.2, 0) is 4.79 Å². The van der Waals surface area contributed by atoms with E-state index in [9.17, 15) is 4.79 Å². The summed E-state index contributed by atoms with van der Waals surface area (Å²) < 4.78 is 5.85. The van der Waals surface area contributed by atoms with Crippen molar-refractivity contribution in [3.63, 3.8) is 0 Å². The van der Waals surface area contributed by atoms with Gasteiger partial charge in [-0.3, -0.25) is 9.69 Å². The quantitative estimate of drug-likeness (QED) is 0.323. The number of rotatable bonds is 5. The van der Waals surface area contributed by atoms with Crippen molar-refractivity contribution in [2.24, 2.45) is 4.99 Å². The maximum Gasteiger partial charge on any atom is 0.266 e. The van der Waals surface area contributed by atoms with E-state index in [2.05, 4.69) is 4.90 Å². The molecule has 3 aromatic carbocycles. The van der Waals surface area contributed by atoms with Crippen LogP contribution in [-0.4, -0.2) is 29.6 Å². The normalized spacial score (nSPS) is 18.7. The van der Waals surface area contributed by atoms with Crippen molar-refractivity contribution in [1.29, 1.82) is 0 Å². The highest BCUT2D eigenvalue weighted by molar-refractivity contribution is 8.18. The molecule has 2 aliphatic heterocycles. The molecule has 2 aliphatic rings. The van der Waals surface area contributed by atoms with Gasteiger partial charge >= 0.3 is 0 Å². The van der Waals surface area contributed by atoms with Gasteiger partial charge in [-0.1, -0.05) is 41.6 Å². The number of ether oxygens (including phenoxy) is 1. The van der Waals surface area contributed by atoms with Gasteiger partial charge in [0.25, 0.3) is 5.91 Å². The molecule has 1 fully saturated rings. The summed E-state index contributed by atoms with van der Waals surface area (Å²) in [5.41, 5.74) is 1.83. The first-order valence-corrected chi connectivity index (χ1v) is 13.1. The molecule has 35 heavy (non-hydrogen) atoms. The van der Waals surface area contributed by atoms with E-state index in [1.165, 1.54) is 11.8 Å². The fraction of sp³-hybridized carbons (Fsp3) is 0.111. The molecule has 0 radical (unpaired) electrons. The van der Waals surface area contributed by atoms with Crippen LogP contribution in [0.25, 0.3) is 0 Å². The Bertz CT molecular complexity index is 1350. The maximum atomic E-state index is 13.0. The van der Waals surface area contributed by atoms with Crippen LogP contribution in [0.4, 0.5) is 11.4 Å². The van der Waals surface area contributed by atoms with E-state index < -0.39 is 0 Å². The van der Waals surface area contributed by atoms with Crippen molar-refractivity contribution in [2.45, 2.75) is 11.8 Å². The van der Waals surface area contributed by atoms with Crippen molar-refractivity contribution in [1.82, 2.24) is 4.90 Å². The number of anilines is 1. The van der Waals surface area contributed by atoms with Crippen LogP contribution in [0.1, 0.15) is 6.92 Å². The maximum absolute atomic E-state index is 13.0. The lowest BCUT2D eigenvalue weighted by molar-refractivity contribution is -0.122. The first-order valence-electron chi connectivity index (χ1n) is 11.1. The van der Waals surface area contributed by atoms with E-state index in [1.807, 2.05) is 98.9 Å². The number of fused-ring (bicyclic) bond motifs is 1. The second-order valence-electron chi connectivity index (χ2n) is 7.76. The van der Waals surface area contributed by atoms with Crippen LogP contribution in [0.15, 0.2) is 105 Å². The highest BCUT2D eigenvalue weighted by atomic mass is 35.5. The molecule has 0 atom stereocenters. The van der Waals surface area contributed by atoms with Crippen LogP contribution in [0.5, 0.6) is 11.5 Å². The zero-order chi connectivity index (χ0) is 24.4. The van der Waals surface area contributed by atoms with Gasteiger partial charge in [0.05, 0.1) is 21.3 Å². The molecule has 5 rings (SSSR count). The summed E-state index contributed by atoms with van der Waals surface area (Å²) in [6, 6.07) is 23.0. The van der Waals surface area contributed by atoms with E-state index in [-0.39, 0.29) is 5.91 Å². The number of para-hydroxylation sites is 1. The lowest BCUT2D eigenvalue weighted by atomic mass is 10.3.